The van der Waals surface area contributed by atoms with E-state index in [1.165, 1.54) is 14.2 Å². The van der Waals surface area contributed by atoms with Gasteiger partial charge in [-0.05, 0) is 24.6 Å². The molecule has 0 saturated heterocycles. The van der Waals surface area contributed by atoms with Crippen LogP contribution in [0.15, 0.2) is 23.2 Å². The Morgan fingerprint density at radius 3 is 2.61 bits per heavy atom. The standard InChI is InChI=1S/C16H25N3O4/c1-11(10-21-3)19-16(17-2)18-9-12-6-7-14(22-4)13(8-12)15(20)23-5/h6-8,11H,9-10H2,1-5H3,(H2,17,18,19). The molecular formula is C16H25N3O4. The maximum Gasteiger partial charge on any atom is 0.341 e. The quantitative estimate of drug-likeness (QED) is 0.445. The number of hydrogen-bond acceptors (Lipinski definition) is 5. The Morgan fingerprint density at radius 1 is 1.30 bits per heavy atom. The molecule has 1 rings (SSSR count). The Hall–Kier alpha value is -2.28. The summed E-state index contributed by atoms with van der Waals surface area (Å²) in [7, 11) is 6.21. The molecule has 1 atom stereocenters. The number of rotatable bonds is 7. The van der Waals surface area contributed by atoms with Gasteiger partial charge in [0.15, 0.2) is 5.96 Å². The van der Waals surface area contributed by atoms with Crippen LogP contribution in [0, 0.1) is 0 Å². The molecule has 1 unspecified atom stereocenters. The topological polar surface area (TPSA) is 81.2 Å². The van der Waals surface area contributed by atoms with Gasteiger partial charge in [0.1, 0.15) is 11.3 Å². The number of aliphatic imine (C=N–C) groups is 1. The Balaban J connectivity index is 2.75. The van der Waals surface area contributed by atoms with Crippen molar-refractivity contribution in [3.05, 3.63) is 29.3 Å². The summed E-state index contributed by atoms with van der Waals surface area (Å²) in [5.74, 6) is 0.710. The number of nitrogens with zero attached hydrogens (tertiary/aromatic N) is 1. The predicted molar refractivity (Wildman–Crippen MR) is 89.0 cm³/mol. The van der Waals surface area contributed by atoms with Crippen LogP contribution in [0.4, 0.5) is 0 Å². The number of methoxy groups -OCH3 is 3. The summed E-state index contributed by atoms with van der Waals surface area (Å²) in [6.07, 6.45) is 0. The lowest BCUT2D eigenvalue weighted by Gasteiger charge is -2.17. The fourth-order valence-corrected chi connectivity index (χ4v) is 2.04. The van der Waals surface area contributed by atoms with Crippen LogP contribution in [-0.2, 0) is 16.0 Å². The molecule has 0 amide bonds. The SMILES string of the molecule is CN=C(NCc1ccc(OC)c(C(=O)OC)c1)NC(C)COC. The van der Waals surface area contributed by atoms with Crippen LogP contribution in [0.3, 0.4) is 0 Å². The maximum absolute atomic E-state index is 11.8. The molecule has 128 valence electrons. The van der Waals surface area contributed by atoms with Crippen LogP contribution in [0.2, 0.25) is 0 Å². The Morgan fingerprint density at radius 2 is 2.04 bits per heavy atom. The van der Waals surface area contributed by atoms with Crippen LogP contribution < -0.4 is 15.4 Å². The molecule has 0 heterocycles. The molecule has 0 fully saturated rings. The van der Waals surface area contributed by atoms with Crippen molar-refractivity contribution in [2.75, 3.05) is 35.0 Å². The summed E-state index contributed by atoms with van der Waals surface area (Å²) in [5.41, 5.74) is 1.30. The highest BCUT2D eigenvalue weighted by Crippen LogP contribution is 2.20. The monoisotopic (exact) mass is 323 g/mol. The van der Waals surface area contributed by atoms with Crippen molar-refractivity contribution >= 4 is 11.9 Å². The van der Waals surface area contributed by atoms with Crippen molar-refractivity contribution in [1.29, 1.82) is 0 Å². The molecule has 0 bridgehead atoms. The van der Waals surface area contributed by atoms with E-state index in [0.717, 1.165) is 5.56 Å². The Labute approximate surface area is 137 Å². The normalized spacial score (nSPS) is 12.5. The summed E-state index contributed by atoms with van der Waals surface area (Å²) in [6, 6.07) is 5.49. The maximum atomic E-state index is 11.8. The van der Waals surface area contributed by atoms with Gasteiger partial charge in [-0.15, -0.1) is 0 Å². The molecule has 0 aromatic heterocycles. The van der Waals surface area contributed by atoms with Gasteiger partial charge in [-0.1, -0.05) is 6.07 Å². The summed E-state index contributed by atoms with van der Waals surface area (Å²) in [6.45, 7) is 3.09. The molecule has 0 saturated carbocycles. The van der Waals surface area contributed by atoms with Crippen molar-refractivity contribution in [1.82, 2.24) is 10.6 Å². The first-order valence-corrected chi connectivity index (χ1v) is 7.27. The minimum Gasteiger partial charge on any atom is -0.496 e. The predicted octanol–water partition coefficient (Wildman–Crippen LogP) is 1.18. The smallest absolute Gasteiger partial charge is 0.341 e. The third-order valence-corrected chi connectivity index (χ3v) is 3.15. The molecule has 1 aromatic rings. The third kappa shape index (κ3) is 5.78. The van der Waals surface area contributed by atoms with Crippen molar-refractivity contribution in [2.45, 2.75) is 19.5 Å². The van der Waals surface area contributed by atoms with Crippen LogP contribution in [0.25, 0.3) is 0 Å². The largest absolute Gasteiger partial charge is 0.496 e. The van der Waals surface area contributed by atoms with Gasteiger partial charge in [0.25, 0.3) is 0 Å². The lowest BCUT2D eigenvalue weighted by atomic mass is 10.1. The van der Waals surface area contributed by atoms with Crippen LogP contribution in [-0.4, -0.2) is 53.0 Å². The zero-order valence-electron chi connectivity index (χ0n) is 14.3. The lowest BCUT2D eigenvalue weighted by Crippen LogP contribution is -2.43. The van der Waals surface area contributed by atoms with E-state index in [-0.39, 0.29) is 6.04 Å². The highest BCUT2D eigenvalue weighted by molar-refractivity contribution is 5.92. The van der Waals surface area contributed by atoms with E-state index in [0.29, 0.717) is 30.4 Å². The lowest BCUT2D eigenvalue weighted by molar-refractivity contribution is 0.0597. The van der Waals surface area contributed by atoms with Gasteiger partial charge < -0.3 is 24.8 Å². The average Bonchev–Trinajstić information content (AvgIpc) is 2.57. The Kier molecular flexibility index (Phi) is 7.90. The minimum absolute atomic E-state index is 0.132. The van der Waals surface area contributed by atoms with Gasteiger partial charge >= 0.3 is 5.97 Å². The van der Waals surface area contributed by atoms with Crippen molar-refractivity contribution in [3.63, 3.8) is 0 Å². The second-order valence-electron chi connectivity index (χ2n) is 4.95. The van der Waals surface area contributed by atoms with Crippen molar-refractivity contribution in [3.8, 4) is 5.75 Å². The number of esters is 1. The molecule has 1 aromatic carbocycles. The van der Waals surface area contributed by atoms with Crippen LogP contribution >= 0.6 is 0 Å². The van der Waals surface area contributed by atoms with E-state index >= 15 is 0 Å². The molecule has 0 aliphatic heterocycles. The van der Waals surface area contributed by atoms with E-state index in [1.807, 2.05) is 13.0 Å². The third-order valence-electron chi connectivity index (χ3n) is 3.15. The zero-order chi connectivity index (χ0) is 17.2. The second kappa shape index (κ2) is 9.68. The van der Waals surface area contributed by atoms with Crippen LogP contribution in [0.1, 0.15) is 22.8 Å². The first kappa shape index (κ1) is 18.8. The zero-order valence-corrected chi connectivity index (χ0v) is 14.3. The fourth-order valence-electron chi connectivity index (χ4n) is 2.04. The number of ether oxygens (including phenoxy) is 3. The fraction of sp³-hybridized carbons (Fsp3) is 0.500. The van der Waals surface area contributed by atoms with E-state index in [1.54, 1.807) is 26.3 Å². The second-order valence-corrected chi connectivity index (χ2v) is 4.95. The van der Waals surface area contributed by atoms with E-state index in [4.69, 9.17) is 14.2 Å². The molecule has 7 nitrogen and oxygen atoms in total. The van der Waals surface area contributed by atoms with E-state index in [2.05, 4.69) is 15.6 Å². The Bertz CT molecular complexity index is 546. The minimum atomic E-state index is -0.431. The number of carbonyl (C=O) groups excluding carboxylic acids is 1. The van der Waals surface area contributed by atoms with Crippen molar-refractivity contribution < 1.29 is 19.0 Å². The first-order chi connectivity index (χ1) is 11.0. The highest BCUT2D eigenvalue weighted by Gasteiger charge is 2.13. The molecule has 23 heavy (non-hydrogen) atoms. The van der Waals surface area contributed by atoms with Gasteiger partial charge in [0.05, 0.1) is 20.8 Å². The summed E-state index contributed by atoms with van der Waals surface area (Å²) >= 11 is 0. The molecule has 2 N–H and O–H groups in total. The van der Waals surface area contributed by atoms with Gasteiger partial charge in [-0.2, -0.15) is 0 Å². The van der Waals surface area contributed by atoms with Gasteiger partial charge in [0.2, 0.25) is 0 Å². The molecular weight excluding hydrogens is 298 g/mol. The molecule has 0 aliphatic rings. The molecule has 7 heteroatoms. The molecule has 0 aliphatic carbocycles. The number of benzene rings is 1. The first-order valence-electron chi connectivity index (χ1n) is 7.27. The highest BCUT2D eigenvalue weighted by atomic mass is 16.5. The van der Waals surface area contributed by atoms with E-state index < -0.39 is 5.97 Å². The summed E-state index contributed by atoms with van der Waals surface area (Å²) < 4.78 is 15.0. The van der Waals surface area contributed by atoms with Crippen molar-refractivity contribution in [2.24, 2.45) is 4.99 Å². The van der Waals surface area contributed by atoms with E-state index in [9.17, 15) is 4.79 Å². The van der Waals surface area contributed by atoms with Gasteiger partial charge in [0, 0.05) is 26.7 Å². The number of nitrogens with one attached hydrogen (secondary N) is 2. The summed E-state index contributed by atoms with van der Waals surface area (Å²) in [5, 5.41) is 6.39. The number of carbonyl (C=O) groups is 1. The molecule has 0 radical (unpaired) electrons. The average molecular weight is 323 g/mol. The van der Waals surface area contributed by atoms with Gasteiger partial charge in [-0.25, -0.2) is 4.79 Å². The van der Waals surface area contributed by atoms with Gasteiger partial charge in [-0.3, -0.25) is 4.99 Å². The summed E-state index contributed by atoms with van der Waals surface area (Å²) in [4.78, 5) is 15.9. The number of hydrogen-bond donors (Lipinski definition) is 2. The molecule has 0 spiro atoms. The van der Waals surface area contributed by atoms with Crippen LogP contribution in [0.5, 0.6) is 5.75 Å². The number of guanidine groups is 1.